The van der Waals surface area contributed by atoms with Gasteiger partial charge in [-0.1, -0.05) is 54.6 Å². The molecule has 8 heteroatoms. The zero-order chi connectivity index (χ0) is 21.1. The molecule has 0 aliphatic heterocycles. The van der Waals surface area contributed by atoms with Crippen molar-refractivity contribution in [2.24, 2.45) is 0 Å². The van der Waals surface area contributed by atoms with Gasteiger partial charge in [-0.15, -0.1) is 0 Å². The lowest BCUT2D eigenvalue weighted by Crippen LogP contribution is -2.30. The lowest BCUT2D eigenvalue weighted by atomic mass is 10.1. The molecule has 7 nitrogen and oxygen atoms in total. The van der Waals surface area contributed by atoms with Crippen LogP contribution in [-0.2, 0) is 10.0 Å². The van der Waals surface area contributed by atoms with Crippen molar-refractivity contribution in [1.29, 1.82) is 0 Å². The monoisotopic (exact) mass is 422 g/mol. The zero-order valence-corrected chi connectivity index (χ0v) is 17.5. The topological polar surface area (TPSA) is 97.0 Å². The van der Waals surface area contributed by atoms with E-state index in [2.05, 4.69) is 19.9 Å². The van der Waals surface area contributed by atoms with Crippen LogP contribution in [0.5, 0.6) is 5.75 Å². The molecular formula is C22H22N4O3S. The number of nitrogens with zero attached hydrogens (tertiary/aromatic N) is 2. The molecule has 0 aliphatic rings. The Morgan fingerprint density at radius 3 is 2.37 bits per heavy atom. The van der Waals surface area contributed by atoms with E-state index in [0.717, 1.165) is 10.9 Å². The van der Waals surface area contributed by atoms with Crippen molar-refractivity contribution >= 4 is 20.8 Å². The number of ether oxygens (including phenoxy) is 1. The Bertz CT molecular complexity index is 1270. The number of hydrogen-bond donors (Lipinski definition) is 2. The SMILES string of the molecule is CCOc1ccc(S(=O)(=O)NC(c2ccccc2)c2n[nH]c(C)n2)c2ccccc12. The molecule has 30 heavy (non-hydrogen) atoms. The van der Waals surface area contributed by atoms with Gasteiger partial charge in [0.25, 0.3) is 0 Å². The molecule has 0 amide bonds. The van der Waals surface area contributed by atoms with E-state index in [1.807, 2.05) is 55.5 Å². The summed E-state index contributed by atoms with van der Waals surface area (Å²) in [7, 11) is -3.90. The van der Waals surface area contributed by atoms with Crippen LogP contribution in [0.2, 0.25) is 0 Å². The Kier molecular flexibility index (Phi) is 5.52. The van der Waals surface area contributed by atoms with Crippen LogP contribution in [0, 0.1) is 6.92 Å². The fourth-order valence-electron chi connectivity index (χ4n) is 3.38. The summed E-state index contributed by atoms with van der Waals surface area (Å²) in [4.78, 5) is 4.53. The minimum Gasteiger partial charge on any atom is -0.493 e. The summed E-state index contributed by atoms with van der Waals surface area (Å²) in [6.07, 6.45) is 0. The Labute approximate surface area is 175 Å². The van der Waals surface area contributed by atoms with E-state index < -0.39 is 16.1 Å². The smallest absolute Gasteiger partial charge is 0.242 e. The number of aromatic amines is 1. The minimum absolute atomic E-state index is 0.176. The van der Waals surface area contributed by atoms with Crippen molar-refractivity contribution < 1.29 is 13.2 Å². The van der Waals surface area contributed by atoms with Gasteiger partial charge in [-0.2, -0.15) is 9.82 Å². The van der Waals surface area contributed by atoms with Crippen LogP contribution >= 0.6 is 0 Å². The van der Waals surface area contributed by atoms with Gasteiger partial charge in [0.2, 0.25) is 10.0 Å². The predicted molar refractivity (Wildman–Crippen MR) is 115 cm³/mol. The number of fused-ring (bicyclic) bond motifs is 1. The summed E-state index contributed by atoms with van der Waals surface area (Å²) in [6.45, 7) is 4.16. The summed E-state index contributed by atoms with van der Waals surface area (Å²) in [5, 5.41) is 8.31. The summed E-state index contributed by atoms with van der Waals surface area (Å²) in [5.41, 5.74) is 0.746. The molecule has 1 atom stereocenters. The maximum atomic E-state index is 13.5. The number of rotatable bonds is 7. The number of nitrogens with one attached hydrogen (secondary N) is 2. The van der Waals surface area contributed by atoms with E-state index in [4.69, 9.17) is 4.74 Å². The van der Waals surface area contributed by atoms with E-state index in [9.17, 15) is 8.42 Å². The van der Waals surface area contributed by atoms with Gasteiger partial charge in [-0.3, -0.25) is 5.10 Å². The molecule has 0 aliphatic carbocycles. The van der Waals surface area contributed by atoms with E-state index in [1.54, 1.807) is 25.1 Å². The molecular weight excluding hydrogens is 400 g/mol. The number of H-pyrrole nitrogens is 1. The third-order valence-electron chi connectivity index (χ3n) is 4.71. The largest absolute Gasteiger partial charge is 0.493 e. The molecule has 0 saturated carbocycles. The number of hydrogen-bond acceptors (Lipinski definition) is 5. The number of aromatic nitrogens is 3. The van der Waals surface area contributed by atoms with Crippen LogP contribution in [0.3, 0.4) is 0 Å². The maximum Gasteiger partial charge on any atom is 0.242 e. The minimum atomic E-state index is -3.90. The molecule has 1 unspecified atom stereocenters. The highest BCUT2D eigenvalue weighted by atomic mass is 32.2. The van der Waals surface area contributed by atoms with Gasteiger partial charge < -0.3 is 4.74 Å². The van der Waals surface area contributed by atoms with Gasteiger partial charge in [0.15, 0.2) is 5.82 Å². The highest BCUT2D eigenvalue weighted by Crippen LogP contribution is 2.32. The second kappa shape index (κ2) is 8.25. The van der Waals surface area contributed by atoms with Gasteiger partial charge in [0.1, 0.15) is 17.6 Å². The normalized spacial score (nSPS) is 12.7. The molecule has 0 fully saturated rings. The number of sulfonamides is 1. The van der Waals surface area contributed by atoms with Crippen molar-refractivity contribution in [1.82, 2.24) is 19.9 Å². The zero-order valence-electron chi connectivity index (χ0n) is 16.7. The van der Waals surface area contributed by atoms with Crippen LogP contribution < -0.4 is 9.46 Å². The first-order chi connectivity index (χ1) is 14.5. The van der Waals surface area contributed by atoms with Crippen molar-refractivity contribution in [3.8, 4) is 5.75 Å². The third kappa shape index (κ3) is 3.92. The van der Waals surface area contributed by atoms with Crippen molar-refractivity contribution in [3.63, 3.8) is 0 Å². The van der Waals surface area contributed by atoms with E-state index in [0.29, 0.717) is 29.4 Å². The first kappa shape index (κ1) is 20.1. The van der Waals surface area contributed by atoms with Crippen LogP contribution in [0.15, 0.2) is 71.6 Å². The fraction of sp³-hybridized carbons (Fsp3) is 0.182. The lowest BCUT2D eigenvalue weighted by Gasteiger charge is -2.18. The predicted octanol–water partition coefficient (Wildman–Crippen LogP) is 3.73. The standard InChI is InChI=1S/C22H22N4O3S/c1-3-29-19-13-14-20(18-12-8-7-11-17(18)19)30(27,28)26-21(16-9-5-4-6-10-16)22-23-15(2)24-25-22/h4-14,21,26H,3H2,1-2H3,(H,23,24,25). The van der Waals surface area contributed by atoms with Gasteiger partial charge in [0.05, 0.1) is 11.5 Å². The lowest BCUT2D eigenvalue weighted by molar-refractivity contribution is 0.344. The second-order valence-corrected chi connectivity index (χ2v) is 8.47. The summed E-state index contributed by atoms with van der Waals surface area (Å²) < 4.78 is 35.4. The molecule has 3 aromatic carbocycles. The molecule has 1 aromatic heterocycles. The number of aryl methyl sites for hydroxylation is 1. The maximum absolute atomic E-state index is 13.5. The van der Waals surface area contributed by atoms with Crippen LogP contribution in [0.4, 0.5) is 0 Å². The van der Waals surface area contributed by atoms with Crippen LogP contribution in [-0.4, -0.2) is 30.2 Å². The molecule has 0 bridgehead atoms. The van der Waals surface area contributed by atoms with Gasteiger partial charge in [0, 0.05) is 10.8 Å². The molecule has 4 rings (SSSR count). The first-order valence-electron chi connectivity index (χ1n) is 9.60. The summed E-state index contributed by atoms with van der Waals surface area (Å²) >= 11 is 0. The first-order valence-corrected chi connectivity index (χ1v) is 11.1. The summed E-state index contributed by atoms with van der Waals surface area (Å²) in [5.74, 6) is 1.62. The van der Waals surface area contributed by atoms with Crippen molar-refractivity contribution in [3.05, 3.63) is 83.9 Å². The van der Waals surface area contributed by atoms with Gasteiger partial charge in [-0.05, 0) is 31.5 Å². The molecule has 4 aromatic rings. The van der Waals surface area contributed by atoms with Crippen molar-refractivity contribution in [2.45, 2.75) is 24.8 Å². The Morgan fingerprint density at radius 2 is 1.70 bits per heavy atom. The van der Waals surface area contributed by atoms with Gasteiger partial charge >= 0.3 is 0 Å². The van der Waals surface area contributed by atoms with E-state index in [-0.39, 0.29) is 4.90 Å². The molecule has 0 radical (unpaired) electrons. The highest BCUT2D eigenvalue weighted by Gasteiger charge is 2.27. The average Bonchev–Trinajstić information content (AvgIpc) is 3.19. The van der Waals surface area contributed by atoms with Crippen LogP contribution in [0.1, 0.15) is 30.2 Å². The molecule has 1 heterocycles. The Balaban J connectivity index is 1.80. The molecule has 154 valence electrons. The van der Waals surface area contributed by atoms with Crippen molar-refractivity contribution in [2.75, 3.05) is 6.61 Å². The average molecular weight is 423 g/mol. The summed E-state index contributed by atoms with van der Waals surface area (Å²) in [6, 6.07) is 19.1. The van der Waals surface area contributed by atoms with E-state index in [1.165, 1.54) is 0 Å². The quantitative estimate of drug-likeness (QED) is 0.473. The second-order valence-electron chi connectivity index (χ2n) is 6.78. The molecule has 0 spiro atoms. The van der Waals surface area contributed by atoms with E-state index >= 15 is 0 Å². The Morgan fingerprint density at radius 1 is 1.00 bits per heavy atom. The molecule has 0 saturated heterocycles. The third-order valence-corrected chi connectivity index (χ3v) is 6.19. The Hall–Kier alpha value is -3.23. The highest BCUT2D eigenvalue weighted by molar-refractivity contribution is 7.89. The van der Waals surface area contributed by atoms with Crippen LogP contribution in [0.25, 0.3) is 10.8 Å². The number of benzene rings is 3. The fourth-order valence-corrected chi connectivity index (χ4v) is 4.78. The van der Waals surface area contributed by atoms with Gasteiger partial charge in [-0.25, -0.2) is 13.4 Å². The molecule has 2 N–H and O–H groups in total.